The standard InChI is InChI=1S/C19H20F2N2O/c1-22-12-18(24-2)23-11-17(22)19(23,13-3-7-15(20)8-4-13)14-5-9-16(21)10-6-14/h3-10,17-18H,11-12H2,1-2H3. The van der Waals surface area contributed by atoms with Gasteiger partial charge in [-0.3, -0.25) is 9.80 Å². The van der Waals surface area contributed by atoms with Crippen LogP contribution in [0.4, 0.5) is 8.78 Å². The quantitative estimate of drug-likeness (QED) is 0.861. The predicted molar refractivity (Wildman–Crippen MR) is 87.5 cm³/mol. The number of benzene rings is 2. The highest BCUT2D eigenvalue weighted by Gasteiger charge is 2.62. The zero-order valence-corrected chi connectivity index (χ0v) is 13.7. The summed E-state index contributed by atoms with van der Waals surface area (Å²) >= 11 is 0. The highest BCUT2D eigenvalue weighted by molar-refractivity contribution is 5.45. The van der Waals surface area contributed by atoms with E-state index in [1.54, 1.807) is 7.11 Å². The van der Waals surface area contributed by atoms with Crippen molar-refractivity contribution in [3.63, 3.8) is 0 Å². The van der Waals surface area contributed by atoms with Crippen LogP contribution in [0.5, 0.6) is 0 Å². The number of likely N-dealkylation sites (N-methyl/N-ethyl adjacent to an activating group) is 1. The van der Waals surface area contributed by atoms with Crippen molar-refractivity contribution in [3.8, 4) is 0 Å². The Bertz CT molecular complexity index is 687. The van der Waals surface area contributed by atoms with Gasteiger partial charge in [0.25, 0.3) is 0 Å². The molecule has 3 nitrogen and oxygen atoms in total. The summed E-state index contributed by atoms with van der Waals surface area (Å²) in [5, 5.41) is 0. The summed E-state index contributed by atoms with van der Waals surface area (Å²) in [4.78, 5) is 4.57. The second-order valence-electron chi connectivity index (χ2n) is 6.58. The first-order chi connectivity index (χ1) is 11.6. The third-order valence-corrected chi connectivity index (χ3v) is 5.47. The van der Waals surface area contributed by atoms with Crippen LogP contribution in [0, 0.1) is 11.6 Å². The van der Waals surface area contributed by atoms with Crippen molar-refractivity contribution in [2.24, 2.45) is 0 Å². The van der Waals surface area contributed by atoms with Crippen molar-refractivity contribution in [1.29, 1.82) is 0 Å². The average molecular weight is 330 g/mol. The van der Waals surface area contributed by atoms with Crippen LogP contribution in [0.2, 0.25) is 0 Å². The molecule has 3 saturated heterocycles. The molecule has 126 valence electrons. The van der Waals surface area contributed by atoms with E-state index in [-0.39, 0.29) is 23.9 Å². The minimum atomic E-state index is -0.449. The van der Waals surface area contributed by atoms with E-state index in [4.69, 9.17) is 4.74 Å². The fourth-order valence-corrected chi connectivity index (χ4v) is 4.31. The van der Waals surface area contributed by atoms with Crippen LogP contribution in [0.1, 0.15) is 11.1 Å². The molecular weight excluding hydrogens is 310 g/mol. The van der Waals surface area contributed by atoms with Crippen molar-refractivity contribution in [3.05, 3.63) is 71.3 Å². The number of hydrogen-bond acceptors (Lipinski definition) is 3. The fourth-order valence-electron chi connectivity index (χ4n) is 4.31. The normalized spacial score (nSPS) is 28.4. The van der Waals surface area contributed by atoms with Gasteiger partial charge in [0.1, 0.15) is 17.9 Å². The molecule has 0 aromatic heterocycles. The molecule has 5 rings (SSSR count). The predicted octanol–water partition coefficient (Wildman–Crippen LogP) is 2.81. The van der Waals surface area contributed by atoms with Crippen molar-refractivity contribution in [2.45, 2.75) is 17.8 Å². The second-order valence-corrected chi connectivity index (χ2v) is 6.58. The van der Waals surface area contributed by atoms with Gasteiger partial charge in [-0.05, 0) is 42.4 Å². The topological polar surface area (TPSA) is 15.7 Å². The molecule has 0 amide bonds. The van der Waals surface area contributed by atoms with Gasteiger partial charge in [0.05, 0.1) is 5.54 Å². The van der Waals surface area contributed by atoms with Crippen LogP contribution in [-0.2, 0) is 10.3 Å². The van der Waals surface area contributed by atoms with Crippen LogP contribution in [0.25, 0.3) is 0 Å². The molecule has 3 aliphatic heterocycles. The molecule has 3 aliphatic rings. The molecule has 24 heavy (non-hydrogen) atoms. The van der Waals surface area contributed by atoms with Gasteiger partial charge in [-0.15, -0.1) is 0 Å². The molecule has 0 spiro atoms. The molecule has 0 saturated carbocycles. The van der Waals surface area contributed by atoms with Crippen molar-refractivity contribution in [2.75, 3.05) is 27.2 Å². The lowest BCUT2D eigenvalue weighted by molar-refractivity contribution is -0.230. The Balaban J connectivity index is 1.90. The van der Waals surface area contributed by atoms with E-state index in [9.17, 15) is 8.78 Å². The molecule has 0 N–H and O–H groups in total. The Morgan fingerprint density at radius 2 is 1.42 bits per heavy atom. The maximum absolute atomic E-state index is 13.5. The molecule has 2 bridgehead atoms. The maximum atomic E-state index is 13.5. The second kappa shape index (κ2) is 5.62. The minimum absolute atomic E-state index is 0.0601. The van der Waals surface area contributed by atoms with Gasteiger partial charge in [0, 0.05) is 26.2 Å². The van der Waals surface area contributed by atoms with E-state index in [2.05, 4.69) is 16.8 Å². The lowest BCUT2D eigenvalue weighted by Crippen LogP contribution is -2.81. The zero-order chi connectivity index (χ0) is 16.9. The lowest BCUT2D eigenvalue weighted by Gasteiger charge is -2.67. The summed E-state index contributed by atoms with van der Waals surface area (Å²) in [6.45, 7) is 1.68. The largest absolute Gasteiger partial charge is 0.365 e. The van der Waals surface area contributed by atoms with Gasteiger partial charge in [-0.25, -0.2) is 8.78 Å². The molecule has 2 aromatic rings. The Morgan fingerprint density at radius 3 is 1.83 bits per heavy atom. The summed E-state index contributed by atoms with van der Waals surface area (Å²) in [7, 11) is 3.78. The van der Waals surface area contributed by atoms with Gasteiger partial charge in [0.15, 0.2) is 0 Å². The summed E-state index contributed by atoms with van der Waals surface area (Å²) in [6.07, 6.45) is -0.0601. The van der Waals surface area contributed by atoms with Gasteiger partial charge < -0.3 is 4.74 Å². The number of nitrogens with zero attached hydrogens (tertiary/aromatic N) is 2. The maximum Gasteiger partial charge on any atom is 0.124 e. The minimum Gasteiger partial charge on any atom is -0.365 e. The summed E-state index contributed by atoms with van der Waals surface area (Å²) in [5.41, 5.74) is 1.55. The van der Waals surface area contributed by atoms with Gasteiger partial charge in [0.2, 0.25) is 0 Å². The zero-order valence-electron chi connectivity index (χ0n) is 13.7. The summed E-state index contributed by atoms with van der Waals surface area (Å²) in [6, 6.07) is 13.5. The Hall–Kier alpha value is -1.82. The van der Waals surface area contributed by atoms with Crippen molar-refractivity contribution >= 4 is 0 Å². The van der Waals surface area contributed by atoms with Crippen LogP contribution >= 0.6 is 0 Å². The van der Waals surface area contributed by atoms with E-state index in [1.807, 2.05) is 24.3 Å². The molecular formula is C19H20F2N2O. The third-order valence-electron chi connectivity index (χ3n) is 5.47. The smallest absolute Gasteiger partial charge is 0.124 e. The first-order valence-electron chi connectivity index (χ1n) is 8.09. The number of rotatable bonds is 3. The Kier molecular flexibility index (Phi) is 3.67. The Labute approximate surface area is 140 Å². The number of ether oxygens (including phenoxy) is 1. The van der Waals surface area contributed by atoms with Crippen LogP contribution in [0.15, 0.2) is 48.5 Å². The van der Waals surface area contributed by atoms with Crippen LogP contribution in [-0.4, -0.2) is 49.3 Å². The summed E-state index contributed by atoms with van der Waals surface area (Å²) < 4.78 is 32.6. The first kappa shape index (κ1) is 15.7. The molecule has 3 atom stereocenters. The van der Waals surface area contributed by atoms with E-state index >= 15 is 0 Å². The molecule has 0 radical (unpaired) electrons. The van der Waals surface area contributed by atoms with Crippen molar-refractivity contribution in [1.82, 2.24) is 9.80 Å². The van der Waals surface area contributed by atoms with E-state index < -0.39 is 5.54 Å². The van der Waals surface area contributed by atoms with Crippen LogP contribution < -0.4 is 0 Å². The third kappa shape index (κ3) is 2.05. The molecule has 0 aliphatic carbocycles. The highest BCUT2D eigenvalue weighted by atomic mass is 19.1. The number of methoxy groups -OCH3 is 1. The molecule has 3 unspecified atom stereocenters. The average Bonchev–Trinajstić information content (AvgIpc) is 2.57. The fraction of sp³-hybridized carbons (Fsp3) is 0.368. The SMILES string of the molecule is COC1CN(C)C2CN1C2(c1ccc(F)cc1)c1ccc(F)cc1. The van der Waals surface area contributed by atoms with E-state index in [1.165, 1.54) is 24.3 Å². The number of hydrogen-bond donors (Lipinski definition) is 0. The van der Waals surface area contributed by atoms with Gasteiger partial charge in [-0.2, -0.15) is 0 Å². The van der Waals surface area contributed by atoms with Gasteiger partial charge >= 0.3 is 0 Å². The first-order valence-corrected chi connectivity index (χ1v) is 8.09. The molecule has 2 aromatic carbocycles. The molecule has 5 heteroatoms. The van der Waals surface area contributed by atoms with E-state index in [0.717, 1.165) is 24.2 Å². The van der Waals surface area contributed by atoms with Gasteiger partial charge in [-0.1, -0.05) is 24.3 Å². The van der Waals surface area contributed by atoms with Crippen LogP contribution in [0.3, 0.4) is 0 Å². The number of fused-ring (bicyclic) bond motifs is 2. The van der Waals surface area contributed by atoms with Crippen molar-refractivity contribution < 1.29 is 13.5 Å². The monoisotopic (exact) mass is 330 g/mol. The molecule has 3 heterocycles. The van der Waals surface area contributed by atoms with E-state index in [0.29, 0.717) is 0 Å². The summed E-state index contributed by atoms with van der Waals surface area (Å²) in [5.74, 6) is -0.520. The Morgan fingerprint density at radius 1 is 0.917 bits per heavy atom. The molecule has 3 fully saturated rings. The lowest BCUT2D eigenvalue weighted by atomic mass is 9.66. The number of piperazine rings is 2. The number of halogens is 2. The highest BCUT2D eigenvalue weighted by Crippen LogP contribution is 2.52.